The van der Waals surface area contributed by atoms with Crippen LogP contribution < -0.4 is 11.1 Å². The van der Waals surface area contributed by atoms with Gasteiger partial charge in [-0.15, -0.1) is 5.10 Å². The first-order chi connectivity index (χ1) is 18.9. The molecule has 0 radical (unpaired) electrons. The van der Waals surface area contributed by atoms with Crippen molar-refractivity contribution in [1.82, 2.24) is 39.2 Å². The van der Waals surface area contributed by atoms with Gasteiger partial charge in [0.1, 0.15) is 11.4 Å². The maximum atomic E-state index is 13.4. The Bertz CT molecular complexity index is 1920. The van der Waals surface area contributed by atoms with Crippen molar-refractivity contribution in [2.75, 3.05) is 5.73 Å². The van der Waals surface area contributed by atoms with E-state index in [4.69, 9.17) is 10.7 Å². The largest absolute Gasteiger partial charge is 0.381 e. The molecule has 10 heteroatoms. The minimum absolute atomic E-state index is 0.109. The summed E-state index contributed by atoms with van der Waals surface area (Å²) in [5, 5.41) is 11.5. The Morgan fingerprint density at radius 2 is 1.85 bits per heavy atom. The standard InChI is InChI=1S/C29H25N9O/c1-18(33-29(39)24-26(30)35-37-16-8-15-31-28(24)37)27-34-23-12-7-9-20(13-14-21-17-32-36(3)19(21)2)25(23)38(27)22-10-5-4-6-11-22/h4-12,15-18H,1-3H3,(H2,30,35)(H,33,39)/t18-/m1/s1. The second-order valence-corrected chi connectivity index (χ2v) is 9.17. The Morgan fingerprint density at radius 1 is 1.05 bits per heavy atom. The van der Waals surface area contributed by atoms with Crippen LogP contribution in [0.25, 0.3) is 22.4 Å². The van der Waals surface area contributed by atoms with E-state index in [1.807, 2.05) is 74.0 Å². The zero-order valence-corrected chi connectivity index (χ0v) is 21.6. The van der Waals surface area contributed by atoms with Gasteiger partial charge in [0.25, 0.3) is 5.91 Å². The van der Waals surface area contributed by atoms with E-state index in [2.05, 4.69) is 32.3 Å². The lowest BCUT2D eigenvalue weighted by Crippen LogP contribution is -2.29. The molecule has 0 aliphatic heterocycles. The monoisotopic (exact) mass is 515 g/mol. The lowest BCUT2D eigenvalue weighted by atomic mass is 10.1. The molecule has 0 aliphatic carbocycles. The van der Waals surface area contributed by atoms with Crippen LogP contribution in [0.3, 0.4) is 0 Å². The summed E-state index contributed by atoms with van der Waals surface area (Å²) >= 11 is 0. The molecule has 10 nitrogen and oxygen atoms in total. The van der Waals surface area contributed by atoms with Gasteiger partial charge >= 0.3 is 0 Å². The average molecular weight is 516 g/mol. The second-order valence-electron chi connectivity index (χ2n) is 9.17. The van der Waals surface area contributed by atoms with Crippen molar-refractivity contribution in [3.8, 4) is 17.5 Å². The van der Waals surface area contributed by atoms with Gasteiger partial charge in [-0.25, -0.2) is 14.5 Å². The van der Waals surface area contributed by atoms with Gasteiger partial charge in [-0.2, -0.15) is 5.10 Å². The van der Waals surface area contributed by atoms with Crippen LogP contribution in [-0.2, 0) is 7.05 Å². The van der Waals surface area contributed by atoms with E-state index in [1.165, 1.54) is 4.52 Å². The summed E-state index contributed by atoms with van der Waals surface area (Å²) in [7, 11) is 1.89. The fraction of sp³-hybridized carbons (Fsp3) is 0.138. The molecule has 0 fully saturated rings. The number of para-hydroxylation sites is 2. The van der Waals surface area contributed by atoms with Crippen LogP contribution in [0.5, 0.6) is 0 Å². The van der Waals surface area contributed by atoms with Gasteiger partial charge in [-0.1, -0.05) is 36.1 Å². The van der Waals surface area contributed by atoms with Crippen LogP contribution in [0.4, 0.5) is 5.82 Å². The predicted molar refractivity (Wildman–Crippen MR) is 148 cm³/mol. The van der Waals surface area contributed by atoms with Gasteiger partial charge in [0, 0.05) is 25.1 Å². The number of nitrogens with zero attached hydrogens (tertiary/aromatic N) is 7. The molecule has 4 aromatic heterocycles. The number of hydrogen-bond donors (Lipinski definition) is 2. The number of hydrogen-bond acceptors (Lipinski definition) is 6. The molecule has 1 amide bonds. The number of rotatable bonds is 4. The van der Waals surface area contributed by atoms with E-state index < -0.39 is 6.04 Å². The zero-order chi connectivity index (χ0) is 27.1. The number of carbonyl (C=O) groups excluding carboxylic acids is 1. The number of nitrogen functional groups attached to an aromatic ring is 1. The number of nitrogens with two attached hydrogens (primary N) is 1. The van der Waals surface area contributed by atoms with E-state index in [9.17, 15) is 4.79 Å². The third-order valence-corrected chi connectivity index (χ3v) is 6.67. The molecule has 0 saturated heterocycles. The highest BCUT2D eigenvalue weighted by atomic mass is 16.1. The third kappa shape index (κ3) is 4.16. The number of aryl methyl sites for hydroxylation is 1. The van der Waals surface area contributed by atoms with Crippen molar-refractivity contribution in [2.24, 2.45) is 7.05 Å². The fourth-order valence-corrected chi connectivity index (χ4v) is 4.59. The van der Waals surface area contributed by atoms with E-state index in [0.717, 1.165) is 33.5 Å². The Morgan fingerprint density at radius 3 is 2.62 bits per heavy atom. The Labute approximate surface area is 224 Å². The van der Waals surface area contributed by atoms with Crippen LogP contribution in [0.15, 0.2) is 73.2 Å². The molecule has 0 aliphatic rings. The zero-order valence-electron chi connectivity index (χ0n) is 21.6. The molecule has 0 spiro atoms. The first-order valence-electron chi connectivity index (χ1n) is 12.4. The lowest BCUT2D eigenvalue weighted by Gasteiger charge is -2.16. The fourth-order valence-electron chi connectivity index (χ4n) is 4.59. The first-order valence-corrected chi connectivity index (χ1v) is 12.4. The number of carbonyl (C=O) groups is 1. The van der Waals surface area contributed by atoms with Gasteiger partial charge in [0.15, 0.2) is 11.5 Å². The van der Waals surface area contributed by atoms with Gasteiger partial charge in [-0.05, 0) is 44.2 Å². The van der Waals surface area contributed by atoms with Crippen molar-refractivity contribution in [1.29, 1.82) is 0 Å². The minimum atomic E-state index is -0.482. The summed E-state index contributed by atoms with van der Waals surface area (Å²) in [5.74, 6) is 6.96. The van der Waals surface area contributed by atoms with Gasteiger partial charge < -0.3 is 11.1 Å². The van der Waals surface area contributed by atoms with Crippen LogP contribution in [0.1, 0.15) is 46.0 Å². The molecule has 6 rings (SSSR count). The van der Waals surface area contributed by atoms with E-state index >= 15 is 0 Å². The summed E-state index contributed by atoms with van der Waals surface area (Å²) in [5.41, 5.74) is 11.9. The number of anilines is 1. The van der Waals surface area contributed by atoms with Crippen molar-refractivity contribution in [2.45, 2.75) is 19.9 Å². The molecule has 192 valence electrons. The molecule has 0 unspecified atom stereocenters. The molecule has 2 aromatic carbocycles. The number of imidazole rings is 1. The Hall–Kier alpha value is -5.43. The highest BCUT2D eigenvalue weighted by molar-refractivity contribution is 6.04. The van der Waals surface area contributed by atoms with Gasteiger partial charge in [-0.3, -0.25) is 14.0 Å². The van der Waals surface area contributed by atoms with Crippen molar-refractivity contribution < 1.29 is 4.79 Å². The van der Waals surface area contributed by atoms with E-state index in [0.29, 0.717) is 11.5 Å². The SMILES string of the molecule is Cc1c(C#Cc2cccc3nc([C@@H](C)NC(=O)c4c(N)nn5cccnc45)n(-c4ccccc4)c23)cnn1C. The van der Waals surface area contributed by atoms with Crippen molar-refractivity contribution in [3.63, 3.8) is 0 Å². The van der Waals surface area contributed by atoms with E-state index in [-0.39, 0.29) is 17.3 Å². The highest BCUT2D eigenvalue weighted by Gasteiger charge is 2.25. The molecule has 6 aromatic rings. The molecular weight excluding hydrogens is 490 g/mol. The Balaban J connectivity index is 1.46. The Kier molecular flexibility index (Phi) is 5.81. The predicted octanol–water partition coefficient (Wildman–Crippen LogP) is 3.58. The van der Waals surface area contributed by atoms with Crippen LogP contribution in [0, 0.1) is 18.8 Å². The van der Waals surface area contributed by atoms with Gasteiger partial charge in [0.05, 0.1) is 40.1 Å². The number of benzene rings is 2. The summed E-state index contributed by atoms with van der Waals surface area (Å²) in [6.07, 6.45) is 5.06. The molecule has 1 atom stereocenters. The van der Waals surface area contributed by atoms with Gasteiger partial charge in [0.2, 0.25) is 0 Å². The van der Waals surface area contributed by atoms with E-state index in [1.54, 1.807) is 29.3 Å². The first kappa shape index (κ1) is 23.9. The van der Waals surface area contributed by atoms with Crippen LogP contribution >= 0.6 is 0 Å². The third-order valence-electron chi connectivity index (χ3n) is 6.67. The molecule has 3 N–H and O–H groups in total. The normalized spacial score (nSPS) is 11.9. The quantitative estimate of drug-likeness (QED) is 0.346. The molecule has 39 heavy (non-hydrogen) atoms. The lowest BCUT2D eigenvalue weighted by molar-refractivity contribution is 0.0940. The molecule has 0 saturated carbocycles. The number of nitrogens with one attached hydrogen (secondary N) is 1. The topological polar surface area (TPSA) is 121 Å². The van der Waals surface area contributed by atoms with Crippen LogP contribution in [-0.4, -0.2) is 39.8 Å². The number of aromatic nitrogens is 7. The van der Waals surface area contributed by atoms with Crippen molar-refractivity contribution >= 4 is 28.4 Å². The maximum Gasteiger partial charge on any atom is 0.259 e. The number of amides is 1. The maximum absolute atomic E-state index is 13.4. The molecular formula is C29H25N9O. The summed E-state index contributed by atoms with van der Waals surface area (Å²) in [6, 6.07) is 17.0. The molecule has 0 bridgehead atoms. The minimum Gasteiger partial charge on any atom is -0.381 e. The smallest absolute Gasteiger partial charge is 0.259 e. The highest BCUT2D eigenvalue weighted by Crippen LogP contribution is 2.28. The second kappa shape index (κ2) is 9.46. The average Bonchev–Trinajstić information content (AvgIpc) is 3.60. The summed E-state index contributed by atoms with van der Waals surface area (Å²) in [4.78, 5) is 22.6. The number of fused-ring (bicyclic) bond motifs is 2. The molecule has 4 heterocycles. The van der Waals surface area contributed by atoms with Crippen LogP contribution in [0.2, 0.25) is 0 Å². The summed E-state index contributed by atoms with van der Waals surface area (Å²) < 4.78 is 5.33. The van der Waals surface area contributed by atoms with Crippen molar-refractivity contribution in [3.05, 3.63) is 101 Å². The summed E-state index contributed by atoms with van der Waals surface area (Å²) in [6.45, 7) is 3.87.